The van der Waals surface area contributed by atoms with E-state index in [2.05, 4.69) is 23.6 Å². The molecule has 7 heteroatoms. The highest BCUT2D eigenvalue weighted by Gasteiger charge is 2.28. The second-order valence-electron chi connectivity index (χ2n) is 8.81. The molecule has 1 saturated carbocycles. The Kier molecular flexibility index (Phi) is 9.05. The normalized spacial score (nSPS) is 19.9. The van der Waals surface area contributed by atoms with Gasteiger partial charge in [0.25, 0.3) is 5.91 Å². The smallest absolute Gasteiger partial charge is 0.303 e. The van der Waals surface area contributed by atoms with E-state index in [1.165, 1.54) is 19.3 Å². The summed E-state index contributed by atoms with van der Waals surface area (Å²) in [6.45, 7) is 6.54. The lowest BCUT2D eigenvalue weighted by Gasteiger charge is -2.35. The molecule has 0 unspecified atom stereocenters. The fourth-order valence-corrected chi connectivity index (χ4v) is 5.75. The molecule has 2 aliphatic rings. The predicted octanol–water partition coefficient (Wildman–Crippen LogP) is 5.07. The molecule has 2 fully saturated rings. The minimum Gasteiger partial charge on any atom is -0.481 e. The van der Waals surface area contributed by atoms with Crippen molar-refractivity contribution in [2.24, 2.45) is 5.92 Å². The number of carbonyl (C=O) groups is 2. The summed E-state index contributed by atoms with van der Waals surface area (Å²) in [4.78, 5) is 33.8. The molecule has 3 rings (SSSR count). The van der Waals surface area contributed by atoms with Gasteiger partial charge in [-0.25, -0.2) is 4.98 Å². The molecule has 1 aromatic rings. The Hall–Kier alpha value is -1.76. The van der Waals surface area contributed by atoms with Gasteiger partial charge in [-0.2, -0.15) is 0 Å². The lowest BCUT2D eigenvalue weighted by molar-refractivity contribution is -0.138. The van der Waals surface area contributed by atoms with Gasteiger partial charge >= 0.3 is 5.97 Å². The number of hydrogen-bond acceptors (Lipinski definition) is 5. The largest absolute Gasteiger partial charge is 0.481 e. The predicted molar refractivity (Wildman–Crippen MR) is 126 cm³/mol. The van der Waals surface area contributed by atoms with Gasteiger partial charge in [0.05, 0.1) is 5.56 Å². The number of hydrogen-bond donors (Lipinski definition) is 1. The number of amides is 1. The van der Waals surface area contributed by atoms with Crippen molar-refractivity contribution in [2.75, 3.05) is 30.3 Å². The summed E-state index contributed by atoms with van der Waals surface area (Å²) in [5.74, 6) is 1.32. The standard InChI is InChI=1S/C24H37N3O3S/c1-3-15-31-23-20(24(30)27(4-2)19-10-6-5-7-11-19)12-13-21(25-23)26-14-8-9-18(17-26)16-22(28)29/h12-13,18-19H,3-11,14-17H2,1-2H3,(H,28,29)/t18-/m0/s1. The zero-order valence-electron chi connectivity index (χ0n) is 19.0. The van der Waals surface area contributed by atoms with Crippen LogP contribution < -0.4 is 4.90 Å². The Labute approximate surface area is 190 Å². The third-order valence-electron chi connectivity index (χ3n) is 6.44. The zero-order valence-corrected chi connectivity index (χ0v) is 19.8. The topological polar surface area (TPSA) is 73.7 Å². The van der Waals surface area contributed by atoms with E-state index in [0.29, 0.717) is 18.2 Å². The maximum atomic E-state index is 13.5. The van der Waals surface area contributed by atoms with Crippen LogP contribution in [0.3, 0.4) is 0 Å². The average molecular weight is 448 g/mol. The molecular weight excluding hydrogens is 410 g/mol. The van der Waals surface area contributed by atoms with Crippen molar-refractivity contribution in [1.29, 1.82) is 0 Å². The Morgan fingerprint density at radius 3 is 2.61 bits per heavy atom. The summed E-state index contributed by atoms with van der Waals surface area (Å²) in [6, 6.07) is 4.25. The van der Waals surface area contributed by atoms with Crippen molar-refractivity contribution < 1.29 is 14.7 Å². The van der Waals surface area contributed by atoms with Gasteiger partial charge in [0.15, 0.2) is 0 Å². The number of carboxylic acids is 1. The van der Waals surface area contributed by atoms with E-state index in [4.69, 9.17) is 10.1 Å². The molecule has 0 aromatic carbocycles. The van der Waals surface area contributed by atoms with Gasteiger partial charge in [0.2, 0.25) is 0 Å². The van der Waals surface area contributed by atoms with Crippen molar-refractivity contribution in [3.05, 3.63) is 17.7 Å². The van der Waals surface area contributed by atoms with Gasteiger partial charge in [-0.1, -0.05) is 26.2 Å². The second-order valence-corrected chi connectivity index (χ2v) is 9.89. The first-order valence-electron chi connectivity index (χ1n) is 11.9. The zero-order chi connectivity index (χ0) is 22.2. The molecule has 2 heterocycles. The van der Waals surface area contributed by atoms with Crippen molar-refractivity contribution in [3.8, 4) is 0 Å². The van der Waals surface area contributed by atoms with Crippen molar-refractivity contribution in [2.45, 2.75) is 82.7 Å². The van der Waals surface area contributed by atoms with Gasteiger partial charge in [0, 0.05) is 32.1 Å². The molecule has 172 valence electrons. The van der Waals surface area contributed by atoms with Crippen LogP contribution in [0.4, 0.5) is 5.82 Å². The van der Waals surface area contributed by atoms with E-state index in [9.17, 15) is 9.59 Å². The number of carboxylic acid groups (broad SMARTS) is 1. The van der Waals surface area contributed by atoms with E-state index >= 15 is 0 Å². The van der Waals surface area contributed by atoms with E-state index in [1.54, 1.807) is 11.8 Å². The summed E-state index contributed by atoms with van der Waals surface area (Å²) >= 11 is 1.66. The number of rotatable bonds is 9. The molecule has 1 aliphatic carbocycles. The summed E-state index contributed by atoms with van der Waals surface area (Å²) in [7, 11) is 0. The van der Waals surface area contributed by atoms with Gasteiger partial charge < -0.3 is 14.9 Å². The maximum absolute atomic E-state index is 13.5. The van der Waals surface area contributed by atoms with E-state index in [-0.39, 0.29) is 18.2 Å². The lowest BCUT2D eigenvalue weighted by atomic mass is 9.93. The van der Waals surface area contributed by atoms with Crippen molar-refractivity contribution in [3.63, 3.8) is 0 Å². The maximum Gasteiger partial charge on any atom is 0.303 e. The Morgan fingerprint density at radius 2 is 1.94 bits per heavy atom. The van der Waals surface area contributed by atoms with Gasteiger partial charge in [-0.15, -0.1) is 11.8 Å². The molecular formula is C24H37N3O3S. The second kappa shape index (κ2) is 11.7. The number of nitrogens with zero attached hydrogens (tertiary/aromatic N) is 3. The molecule has 1 aliphatic heterocycles. The quantitative estimate of drug-likeness (QED) is 0.533. The Morgan fingerprint density at radius 1 is 1.16 bits per heavy atom. The molecule has 31 heavy (non-hydrogen) atoms. The summed E-state index contributed by atoms with van der Waals surface area (Å²) in [6.07, 6.45) is 9.03. The average Bonchev–Trinajstić information content (AvgIpc) is 2.78. The molecule has 1 N–H and O–H groups in total. The monoisotopic (exact) mass is 447 g/mol. The van der Waals surface area contributed by atoms with Gasteiger partial charge in [0.1, 0.15) is 10.8 Å². The van der Waals surface area contributed by atoms with Gasteiger partial charge in [-0.05, 0) is 62.8 Å². The van der Waals surface area contributed by atoms with Crippen LogP contribution in [-0.2, 0) is 4.79 Å². The number of pyridine rings is 1. The molecule has 0 radical (unpaired) electrons. The molecule has 1 atom stereocenters. The Balaban J connectivity index is 1.82. The van der Waals surface area contributed by atoms with E-state index in [1.807, 2.05) is 12.1 Å². The first-order valence-corrected chi connectivity index (χ1v) is 12.9. The van der Waals surface area contributed by atoms with E-state index < -0.39 is 5.97 Å². The molecule has 6 nitrogen and oxygen atoms in total. The molecule has 1 amide bonds. The Bertz CT molecular complexity index is 752. The van der Waals surface area contributed by atoms with Crippen LogP contribution in [-0.4, -0.2) is 58.3 Å². The van der Waals surface area contributed by atoms with Crippen LogP contribution in [0, 0.1) is 5.92 Å². The number of thioether (sulfide) groups is 1. The third-order valence-corrected chi connectivity index (χ3v) is 7.64. The van der Waals surface area contributed by atoms with Crippen LogP contribution >= 0.6 is 11.8 Å². The first-order chi connectivity index (χ1) is 15.0. The van der Waals surface area contributed by atoms with E-state index in [0.717, 1.165) is 61.8 Å². The number of aliphatic carboxylic acids is 1. The highest BCUT2D eigenvalue weighted by molar-refractivity contribution is 7.99. The summed E-state index contributed by atoms with van der Waals surface area (Å²) < 4.78 is 0. The first kappa shape index (κ1) is 23.9. The van der Waals surface area contributed by atoms with Gasteiger partial charge in [-0.3, -0.25) is 9.59 Å². The number of aromatic nitrogens is 1. The number of piperidine rings is 1. The van der Waals surface area contributed by atoms with Crippen LogP contribution in [0.2, 0.25) is 0 Å². The highest BCUT2D eigenvalue weighted by atomic mass is 32.2. The highest BCUT2D eigenvalue weighted by Crippen LogP contribution is 2.31. The van der Waals surface area contributed by atoms with Crippen LogP contribution in [0.15, 0.2) is 17.2 Å². The summed E-state index contributed by atoms with van der Waals surface area (Å²) in [5, 5.41) is 9.98. The number of carbonyl (C=O) groups excluding carboxylic acids is 1. The fraction of sp³-hybridized carbons (Fsp3) is 0.708. The number of anilines is 1. The van der Waals surface area contributed by atoms with Crippen molar-refractivity contribution in [1.82, 2.24) is 9.88 Å². The minimum atomic E-state index is -0.734. The van der Waals surface area contributed by atoms with Crippen molar-refractivity contribution >= 4 is 29.5 Å². The van der Waals surface area contributed by atoms with Crippen LogP contribution in [0.5, 0.6) is 0 Å². The SMILES string of the molecule is CCCSc1nc(N2CCC[C@@H](CC(=O)O)C2)ccc1C(=O)N(CC)C1CCCCC1. The summed E-state index contributed by atoms with van der Waals surface area (Å²) in [5.41, 5.74) is 0.716. The molecule has 1 saturated heterocycles. The molecule has 0 bridgehead atoms. The molecule has 0 spiro atoms. The fourth-order valence-electron chi connectivity index (χ4n) is 4.88. The van der Waals surface area contributed by atoms with Crippen LogP contribution in [0.1, 0.15) is 82.0 Å². The minimum absolute atomic E-state index is 0.106. The molecule has 1 aromatic heterocycles. The lowest BCUT2D eigenvalue weighted by Crippen LogP contribution is -2.41. The van der Waals surface area contributed by atoms with Crippen LogP contribution in [0.25, 0.3) is 0 Å². The third kappa shape index (κ3) is 6.37.